The van der Waals surface area contributed by atoms with Gasteiger partial charge in [0, 0.05) is 6.04 Å². The average molecular weight is 163 g/mol. The lowest BCUT2D eigenvalue weighted by molar-refractivity contribution is 0.243. The Kier molecular flexibility index (Phi) is 0.863. The van der Waals surface area contributed by atoms with Gasteiger partial charge in [-0.2, -0.15) is 0 Å². The molecule has 4 rings (SSSR count). The fourth-order valence-electron chi connectivity index (χ4n) is 5.07. The third kappa shape index (κ3) is 0.501. The molecule has 4 fully saturated rings. The van der Waals surface area contributed by atoms with E-state index in [0.717, 1.165) is 29.1 Å². The predicted octanol–water partition coefficient (Wildman–Crippen LogP) is 1.77. The fraction of sp³-hybridized carbons (Fsp3) is 1.00. The Morgan fingerprint density at radius 2 is 2.00 bits per heavy atom. The largest absolute Gasteiger partial charge is 0.327 e. The van der Waals surface area contributed by atoms with Crippen molar-refractivity contribution in [2.45, 2.75) is 38.1 Å². The van der Waals surface area contributed by atoms with E-state index in [1.807, 2.05) is 0 Å². The van der Waals surface area contributed by atoms with Crippen molar-refractivity contribution >= 4 is 0 Å². The maximum atomic E-state index is 6.22. The Bertz CT molecular complexity index is 247. The van der Waals surface area contributed by atoms with Crippen LogP contribution in [0.1, 0.15) is 32.1 Å². The van der Waals surface area contributed by atoms with Crippen molar-refractivity contribution in [3.05, 3.63) is 0 Å². The van der Waals surface area contributed by atoms with Crippen molar-refractivity contribution in [2.75, 3.05) is 0 Å². The number of hydrogen-bond donors (Lipinski definition) is 1. The highest BCUT2D eigenvalue weighted by Gasteiger charge is 2.70. The molecule has 6 unspecified atom stereocenters. The zero-order valence-electron chi connectivity index (χ0n) is 7.50. The highest BCUT2D eigenvalue weighted by Crippen LogP contribution is 2.76. The molecule has 0 aromatic carbocycles. The van der Waals surface area contributed by atoms with Crippen LogP contribution >= 0.6 is 0 Å². The van der Waals surface area contributed by atoms with Crippen molar-refractivity contribution in [1.29, 1.82) is 0 Å². The molecule has 2 N–H and O–H groups in total. The quantitative estimate of drug-likeness (QED) is 0.578. The van der Waals surface area contributed by atoms with Crippen LogP contribution in [-0.4, -0.2) is 6.04 Å². The first-order chi connectivity index (χ1) is 5.79. The van der Waals surface area contributed by atoms with E-state index in [0.29, 0.717) is 6.04 Å². The third-order valence-electron chi connectivity index (χ3n) is 5.51. The Hall–Kier alpha value is -0.0400. The molecule has 1 spiro atoms. The number of rotatable bonds is 0. The molecule has 1 nitrogen and oxygen atoms in total. The Labute approximate surface area is 73.7 Å². The Balaban J connectivity index is 1.84. The van der Waals surface area contributed by atoms with Crippen LogP contribution in [0, 0.1) is 29.1 Å². The van der Waals surface area contributed by atoms with Gasteiger partial charge in [-0.15, -0.1) is 0 Å². The van der Waals surface area contributed by atoms with Crippen LogP contribution in [0.5, 0.6) is 0 Å². The first-order valence-electron chi connectivity index (χ1n) is 5.55. The van der Waals surface area contributed by atoms with E-state index >= 15 is 0 Å². The van der Waals surface area contributed by atoms with Crippen LogP contribution < -0.4 is 5.73 Å². The van der Waals surface area contributed by atoms with Crippen LogP contribution in [0.3, 0.4) is 0 Å². The molecule has 4 aliphatic rings. The van der Waals surface area contributed by atoms with Gasteiger partial charge < -0.3 is 5.73 Å². The van der Waals surface area contributed by atoms with E-state index in [9.17, 15) is 0 Å². The lowest BCUT2D eigenvalue weighted by Gasteiger charge is -2.25. The minimum atomic E-state index is 0.588. The fourth-order valence-corrected chi connectivity index (χ4v) is 5.07. The van der Waals surface area contributed by atoms with Gasteiger partial charge in [0.2, 0.25) is 0 Å². The van der Waals surface area contributed by atoms with Gasteiger partial charge in [0.1, 0.15) is 0 Å². The molecule has 0 radical (unpaired) electrons. The van der Waals surface area contributed by atoms with Gasteiger partial charge >= 0.3 is 0 Å². The van der Waals surface area contributed by atoms with E-state index in [4.69, 9.17) is 5.73 Å². The lowest BCUT2D eigenvalue weighted by Crippen LogP contribution is -2.25. The molecule has 0 aromatic rings. The summed E-state index contributed by atoms with van der Waals surface area (Å²) in [7, 11) is 0. The van der Waals surface area contributed by atoms with Crippen LogP contribution in [0.4, 0.5) is 0 Å². The molecule has 4 aliphatic carbocycles. The first-order valence-corrected chi connectivity index (χ1v) is 5.55. The molecule has 4 saturated carbocycles. The maximum Gasteiger partial charge on any atom is 0.00756 e. The summed E-state index contributed by atoms with van der Waals surface area (Å²) in [4.78, 5) is 0. The van der Waals surface area contributed by atoms with Gasteiger partial charge in [-0.1, -0.05) is 0 Å². The normalized spacial score (nSPS) is 71.2. The molecule has 66 valence electrons. The van der Waals surface area contributed by atoms with Gasteiger partial charge in [0.05, 0.1) is 0 Å². The molecule has 0 aromatic heterocycles. The second kappa shape index (κ2) is 1.61. The summed E-state index contributed by atoms with van der Waals surface area (Å²) in [6.45, 7) is 0. The number of hydrogen-bond acceptors (Lipinski definition) is 1. The van der Waals surface area contributed by atoms with Gasteiger partial charge in [-0.05, 0) is 61.2 Å². The van der Waals surface area contributed by atoms with E-state index in [-0.39, 0.29) is 0 Å². The van der Waals surface area contributed by atoms with Gasteiger partial charge in [-0.3, -0.25) is 0 Å². The van der Waals surface area contributed by atoms with E-state index in [2.05, 4.69) is 0 Å². The van der Waals surface area contributed by atoms with Crippen LogP contribution in [0.25, 0.3) is 0 Å². The van der Waals surface area contributed by atoms with E-state index in [1.165, 1.54) is 12.8 Å². The lowest BCUT2D eigenvalue weighted by atomic mass is 9.80. The second-order valence-corrected chi connectivity index (χ2v) is 5.85. The Morgan fingerprint density at radius 1 is 1.08 bits per heavy atom. The molecule has 0 amide bonds. The molecule has 12 heavy (non-hydrogen) atoms. The molecule has 6 atom stereocenters. The summed E-state index contributed by atoms with van der Waals surface area (Å²) in [5, 5.41) is 0. The highest BCUT2D eigenvalue weighted by molar-refractivity contribution is 5.20. The van der Waals surface area contributed by atoms with Crippen molar-refractivity contribution in [1.82, 2.24) is 0 Å². The first kappa shape index (κ1) is 6.42. The third-order valence-corrected chi connectivity index (χ3v) is 5.51. The summed E-state index contributed by atoms with van der Waals surface area (Å²) in [6.07, 6.45) is 7.55. The summed E-state index contributed by atoms with van der Waals surface area (Å²) >= 11 is 0. The number of nitrogens with two attached hydrogens (primary N) is 1. The zero-order chi connectivity index (χ0) is 7.92. The standard InChI is InChI=1S/C11H17N/c12-10-5-11-4-7(11)1-6-2-8(10)9(11)3-6/h6-10H,1-5,12H2. The summed E-state index contributed by atoms with van der Waals surface area (Å²) in [6, 6.07) is 0.588. The molecular formula is C11H17N. The smallest absolute Gasteiger partial charge is 0.00756 e. The molecule has 0 aliphatic heterocycles. The average Bonchev–Trinajstić information content (AvgIpc) is 2.47. The van der Waals surface area contributed by atoms with Crippen molar-refractivity contribution < 1.29 is 0 Å². The molecule has 2 bridgehead atoms. The monoisotopic (exact) mass is 163 g/mol. The highest BCUT2D eigenvalue weighted by atomic mass is 14.8. The Morgan fingerprint density at radius 3 is 2.92 bits per heavy atom. The van der Waals surface area contributed by atoms with Crippen molar-refractivity contribution in [3.63, 3.8) is 0 Å². The molecule has 0 saturated heterocycles. The molecular weight excluding hydrogens is 146 g/mol. The van der Waals surface area contributed by atoms with Crippen LogP contribution in [0.15, 0.2) is 0 Å². The summed E-state index contributed by atoms with van der Waals surface area (Å²) in [5.41, 5.74) is 7.03. The van der Waals surface area contributed by atoms with Gasteiger partial charge in [0.15, 0.2) is 0 Å². The van der Waals surface area contributed by atoms with E-state index in [1.54, 1.807) is 19.3 Å². The second-order valence-electron chi connectivity index (χ2n) is 5.85. The van der Waals surface area contributed by atoms with Gasteiger partial charge in [-0.25, -0.2) is 0 Å². The van der Waals surface area contributed by atoms with Gasteiger partial charge in [0.25, 0.3) is 0 Å². The molecule has 0 heterocycles. The zero-order valence-corrected chi connectivity index (χ0v) is 7.50. The predicted molar refractivity (Wildman–Crippen MR) is 47.5 cm³/mol. The minimum absolute atomic E-state index is 0.588. The van der Waals surface area contributed by atoms with Crippen molar-refractivity contribution in [2.24, 2.45) is 34.8 Å². The topological polar surface area (TPSA) is 26.0 Å². The summed E-state index contributed by atoms with van der Waals surface area (Å²) in [5.74, 6) is 4.24. The SMILES string of the molecule is NC1CC23CC2CC2CC1C3C2. The number of fused-ring (bicyclic) bond motifs is 1. The van der Waals surface area contributed by atoms with E-state index < -0.39 is 0 Å². The minimum Gasteiger partial charge on any atom is -0.327 e. The molecule has 1 heteroatoms. The maximum absolute atomic E-state index is 6.22. The van der Waals surface area contributed by atoms with Crippen LogP contribution in [-0.2, 0) is 0 Å². The van der Waals surface area contributed by atoms with Crippen molar-refractivity contribution in [3.8, 4) is 0 Å². The van der Waals surface area contributed by atoms with Crippen LogP contribution in [0.2, 0.25) is 0 Å². The summed E-state index contributed by atoms with van der Waals surface area (Å²) < 4.78 is 0.